The van der Waals surface area contributed by atoms with Crippen LogP contribution in [0.15, 0.2) is 60.7 Å². The smallest absolute Gasteiger partial charge is 0.252 e. The largest absolute Gasteiger partial charge is 0.497 e. The number of amides is 1. The second-order valence-electron chi connectivity index (χ2n) is 11.9. The minimum absolute atomic E-state index is 0.123. The Bertz CT molecular complexity index is 1740. The first kappa shape index (κ1) is 25.7. The number of ether oxygens (including phenoxy) is 2. The summed E-state index contributed by atoms with van der Waals surface area (Å²) in [6.45, 7) is 5.23. The Morgan fingerprint density at radius 3 is 2.71 bits per heavy atom. The monoisotopic (exact) mass is 548 g/mol. The van der Waals surface area contributed by atoms with Crippen LogP contribution in [0.25, 0.3) is 33.2 Å². The number of fused-ring (bicyclic) bond motifs is 6. The lowest BCUT2D eigenvalue weighted by atomic mass is 9.81. The van der Waals surface area contributed by atoms with Gasteiger partial charge in [0.15, 0.2) is 0 Å². The second-order valence-corrected chi connectivity index (χ2v) is 11.9. The molecule has 0 saturated heterocycles. The highest BCUT2D eigenvalue weighted by atomic mass is 16.5. The van der Waals surface area contributed by atoms with Gasteiger partial charge in [0.1, 0.15) is 23.9 Å². The summed E-state index contributed by atoms with van der Waals surface area (Å²) >= 11 is 0. The Balaban J connectivity index is 1.31. The van der Waals surface area contributed by atoms with Gasteiger partial charge in [-0.1, -0.05) is 37.5 Å². The molecule has 2 N–H and O–H groups in total. The van der Waals surface area contributed by atoms with E-state index in [1.165, 1.54) is 48.7 Å². The van der Waals surface area contributed by atoms with Gasteiger partial charge in [0.2, 0.25) is 0 Å². The van der Waals surface area contributed by atoms with Gasteiger partial charge < -0.3 is 24.3 Å². The average molecular weight is 549 g/mol. The molecular formula is C34H36N4O3. The van der Waals surface area contributed by atoms with Crippen LogP contribution in [0, 0.1) is 0 Å². The van der Waals surface area contributed by atoms with E-state index < -0.39 is 5.54 Å². The number of imidazole rings is 1. The normalized spacial score (nSPS) is 15.7. The van der Waals surface area contributed by atoms with Crippen molar-refractivity contribution in [3.05, 3.63) is 77.6 Å². The van der Waals surface area contributed by atoms with Crippen molar-refractivity contribution < 1.29 is 14.3 Å². The van der Waals surface area contributed by atoms with Crippen LogP contribution >= 0.6 is 0 Å². The highest BCUT2D eigenvalue weighted by Gasteiger charge is 2.31. The number of carbonyl (C=O) groups is 1. The lowest BCUT2D eigenvalue weighted by Crippen LogP contribution is -2.41. The van der Waals surface area contributed by atoms with Gasteiger partial charge in [-0.3, -0.25) is 4.79 Å². The predicted octanol–water partition coefficient (Wildman–Crippen LogP) is 7.30. The van der Waals surface area contributed by atoms with Crippen LogP contribution in [0.1, 0.15) is 73.6 Å². The Labute approximate surface area is 239 Å². The summed E-state index contributed by atoms with van der Waals surface area (Å²) in [5, 5.41) is 4.46. The van der Waals surface area contributed by atoms with E-state index in [1.54, 1.807) is 7.11 Å². The van der Waals surface area contributed by atoms with E-state index in [4.69, 9.17) is 14.5 Å². The van der Waals surface area contributed by atoms with E-state index in [9.17, 15) is 4.79 Å². The molecular weight excluding hydrogens is 512 g/mol. The molecule has 5 aromatic rings. The fourth-order valence-corrected chi connectivity index (χ4v) is 6.70. The van der Waals surface area contributed by atoms with Crippen LogP contribution in [0.4, 0.5) is 0 Å². The van der Waals surface area contributed by atoms with E-state index in [-0.39, 0.29) is 5.91 Å². The SMILES string of the molecule is COc1ccc2c(c1)OCCn1c-2c(C2CCCCC2)c2ccc(C(=O)NC(C)(C)c3nc4ccccc4[nH]3)cc21. The molecule has 0 bridgehead atoms. The predicted molar refractivity (Wildman–Crippen MR) is 162 cm³/mol. The molecule has 7 heteroatoms. The van der Waals surface area contributed by atoms with Gasteiger partial charge in [0, 0.05) is 28.1 Å². The molecule has 1 saturated carbocycles. The molecule has 2 aliphatic rings. The van der Waals surface area contributed by atoms with Crippen molar-refractivity contribution in [1.82, 2.24) is 19.9 Å². The van der Waals surface area contributed by atoms with Gasteiger partial charge in [0.05, 0.1) is 35.9 Å². The number of hydrogen-bond donors (Lipinski definition) is 2. The number of para-hydroxylation sites is 2. The highest BCUT2D eigenvalue weighted by molar-refractivity contribution is 6.01. The summed E-state index contributed by atoms with van der Waals surface area (Å²) in [6, 6.07) is 20.2. The highest BCUT2D eigenvalue weighted by Crippen LogP contribution is 2.47. The van der Waals surface area contributed by atoms with Gasteiger partial charge in [-0.15, -0.1) is 0 Å². The molecule has 0 atom stereocenters. The third-order valence-corrected chi connectivity index (χ3v) is 8.80. The van der Waals surface area contributed by atoms with E-state index in [2.05, 4.69) is 33.1 Å². The first-order valence-electron chi connectivity index (χ1n) is 14.7. The first-order valence-corrected chi connectivity index (χ1v) is 14.7. The van der Waals surface area contributed by atoms with E-state index in [0.717, 1.165) is 39.4 Å². The zero-order chi connectivity index (χ0) is 28.1. The van der Waals surface area contributed by atoms with Gasteiger partial charge in [-0.05, 0) is 74.6 Å². The minimum Gasteiger partial charge on any atom is -0.497 e. The lowest BCUT2D eigenvalue weighted by molar-refractivity contribution is 0.0909. The molecule has 1 fully saturated rings. The molecule has 1 aliphatic heterocycles. The van der Waals surface area contributed by atoms with Crippen LogP contribution < -0.4 is 14.8 Å². The van der Waals surface area contributed by atoms with Crippen LogP contribution in [0.3, 0.4) is 0 Å². The summed E-state index contributed by atoms with van der Waals surface area (Å²) in [5.41, 5.74) is 6.60. The zero-order valence-electron chi connectivity index (χ0n) is 23.9. The van der Waals surface area contributed by atoms with Gasteiger partial charge >= 0.3 is 0 Å². The summed E-state index contributed by atoms with van der Waals surface area (Å²) in [4.78, 5) is 21.8. The minimum atomic E-state index is -0.680. The number of H-pyrrole nitrogens is 1. The van der Waals surface area contributed by atoms with Gasteiger partial charge in [0.25, 0.3) is 5.91 Å². The number of aromatic nitrogens is 3. The fraction of sp³-hybridized carbons (Fsp3) is 0.353. The third-order valence-electron chi connectivity index (χ3n) is 8.80. The number of hydrogen-bond acceptors (Lipinski definition) is 4. The maximum Gasteiger partial charge on any atom is 0.252 e. The molecule has 1 aliphatic carbocycles. The molecule has 0 radical (unpaired) electrons. The summed E-state index contributed by atoms with van der Waals surface area (Å²) in [6.07, 6.45) is 6.17. The number of nitrogens with zero attached hydrogens (tertiary/aromatic N) is 2. The Hall–Kier alpha value is -4.26. The second kappa shape index (κ2) is 9.98. The van der Waals surface area contributed by atoms with Crippen LogP contribution in [-0.4, -0.2) is 34.2 Å². The number of benzene rings is 3. The van der Waals surface area contributed by atoms with E-state index in [1.807, 2.05) is 56.3 Å². The Kier molecular flexibility index (Phi) is 6.25. The molecule has 7 nitrogen and oxygen atoms in total. The number of rotatable bonds is 5. The topological polar surface area (TPSA) is 81.2 Å². The van der Waals surface area contributed by atoms with Gasteiger partial charge in [-0.25, -0.2) is 4.98 Å². The molecule has 3 heterocycles. The summed E-state index contributed by atoms with van der Waals surface area (Å²) in [7, 11) is 1.69. The standard InChI is InChI=1S/C34H36N4O3/c1-34(2,33-35-26-11-7-8-12-27(26)36-33)37-32(39)22-13-15-24-28(19-22)38-17-18-41-29-20-23(40-3)14-16-25(29)31(38)30(24)21-9-5-4-6-10-21/h7-8,11-16,19-21H,4-6,9-10,17-18H2,1-3H3,(H,35,36)(H,37,39). The average Bonchev–Trinajstić information content (AvgIpc) is 3.52. The van der Waals surface area contributed by atoms with Crippen molar-refractivity contribution in [2.45, 2.75) is 64.0 Å². The zero-order valence-corrected chi connectivity index (χ0v) is 23.9. The van der Waals surface area contributed by atoms with Crippen molar-refractivity contribution in [1.29, 1.82) is 0 Å². The third kappa shape index (κ3) is 4.44. The molecule has 2 aromatic heterocycles. The van der Waals surface area contributed by atoms with E-state index in [0.29, 0.717) is 24.6 Å². The van der Waals surface area contributed by atoms with Crippen LogP contribution in [0.5, 0.6) is 11.5 Å². The molecule has 0 unspecified atom stereocenters. The lowest BCUT2D eigenvalue weighted by Gasteiger charge is -2.24. The molecule has 41 heavy (non-hydrogen) atoms. The Morgan fingerprint density at radius 1 is 1.07 bits per heavy atom. The molecule has 7 rings (SSSR count). The van der Waals surface area contributed by atoms with Gasteiger partial charge in [-0.2, -0.15) is 0 Å². The van der Waals surface area contributed by atoms with E-state index >= 15 is 0 Å². The number of carbonyl (C=O) groups excluding carboxylic acids is 1. The fourth-order valence-electron chi connectivity index (χ4n) is 6.70. The van der Waals surface area contributed by atoms with Crippen molar-refractivity contribution in [3.8, 4) is 22.8 Å². The number of nitrogens with one attached hydrogen (secondary N) is 2. The van der Waals surface area contributed by atoms with Crippen molar-refractivity contribution >= 4 is 27.8 Å². The van der Waals surface area contributed by atoms with Crippen molar-refractivity contribution in [3.63, 3.8) is 0 Å². The maximum absolute atomic E-state index is 13.7. The first-order chi connectivity index (χ1) is 19.9. The Morgan fingerprint density at radius 2 is 1.90 bits per heavy atom. The molecule has 210 valence electrons. The summed E-state index contributed by atoms with van der Waals surface area (Å²) in [5.74, 6) is 2.74. The molecule has 0 spiro atoms. The van der Waals surface area contributed by atoms with Crippen molar-refractivity contribution in [2.24, 2.45) is 0 Å². The quantitative estimate of drug-likeness (QED) is 0.242. The van der Waals surface area contributed by atoms with Crippen molar-refractivity contribution in [2.75, 3.05) is 13.7 Å². The number of methoxy groups -OCH3 is 1. The number of aromatic amines is 1. The molecule has 1 amide bonds. The maximum atomic E-state index is 13.7. The summed E-state index contributed by atoms with van der Waals surface area (Å²) < 4.78 is 14.1. The van der Waals surface area contributed by atoms with Crippen LogP contribution in [-0.2, 0) is 12.1 Å². The van der Waals surface area contributed by atoms with Crippen LogP contribution in [0.2, 0.25) is 0 Å². The molecule has 3 aromatic carbocycles.